The summed E-state index contributed by atoms with van der Waals surface area (Å²) in [6.07, 6.45) is 4.67. The van der Waals surface area contributed by atoms with Crippen molar-refractivity contribution in [2.75, 3.05) is 9.62 Å². The highest BCUT2D eigenvalue weighted by molar-refractivity contribution is 7.92. The number of aryl methyl sites for hydroxylation is 1. The second kappa shape index (κ2) is 7.64. The highest BCUT2D eigenvalue weighted by Gasteiger charge is 2.42. The van der Waals surface area contributed by atoms with Crippen LogP contribution in [0.25, 0.3) is 0 Å². The Morgan fingerprint density at radius 2 is 1.73 bits per heavy atom. The molecule has 0 amide bonds. The number of benzene rings is 2. The Balaban J connectivity index is 1.70. The van der Waals surface area contributed by atoms with E-state index in [1.54, 1.807) is 30.3 Å². The Kier molecular flexibility index (Phi) is 5.15. The number of guanidine groups is 2. The van der Waals surface area contributed by atoms with Gasteiger partial charge in [0.2, 0.25) is 11.9 Å². The first-order chi connectivity index (χ1) is 14.3. The molecule has 9 heteroatoms. The summed E-state index contributed by atoms with van der Waals surface area (Å²) in [4.78, 5) is 10.7. The molecule has 2 aromatic rings. The fraction of sp³-hybridized carbons (Fsp3) is 0.333. The van der Waals surface area contributed by atoms with E-state index < -0.39 is 15.7 Å². The molecule has 2 aromatic carbocycles. The molecule has 1 spiro atoms. The van der Waals surface area contributed by atoms with Gasteiger partial charge in [-0.25, -0.2) is 13.4 Å². The summed E-state index contributed by atoms with van der Waals surface area (Å²) >= 11 is 0. The van der Waals surface area contributed by atoms with Crippen molar-refractivity contribution in [2.45, 2.75) is 49.6 Å². The molecule has 1 fully saturated rings. The summed E-state index contributed by atoms with van der Waals surface area (Å²) in [6, 6.07) is 13.9. The summed E-state index contributed by atoms with van der Waals surface area (Å²) in [5.41, 5.74) is 13.7. The van der Waals surface area contributed by atoms with E-state index in [1.165, 1.54) is 0 Å². The van der Waals surface area contributed by atoms with Crippen LogP contribution < -0.4 is 21.1 Å². The Hall–Kier alpha value is -3.07. The number of nitrogens with zero attached hydrogens (tertiary/aromatic N) is 3. The maximum atomic E-state index is 13.0. The number of hydrogen-bond donors (Lipinski definition) is 3. The SMILES string of the molecule is Cc1ccc(NS(=O)(=O)c2cccc(N3C(N)=NC(N)=NC34CCCCC4)c2)cc1. The molecule has 8 nitrogen and oxygen atoms in total. The molecule has 0 radical (unpaired) electrons. The van der Waals surface area contributed by atoms with Gasteiger partial charge in [0, 0.05) is 11.4 Å². The minimum absolute atomic E-state index is 0.141. The minimum atomic E-state index is -3.78. The molecule has 0 saturated heterocycles. The van der Waals surface area contributed by atoms with Crippen LogP contribution in [0, 0.1) is 6.92 Å². The summed E-state index contributed by atoms with van der Waals surface area (Å²) in [7, 11) is -3.78. The van der Waals surface area contributed by atoms with Gasteiger partial charge in [-0.05, 0) is 62.9 Å². The standard InChI is InChI=1S/C21H26N6O2S/c1-15-8-10-16(11-9-15)26-30(28,29)18-7-5-6-17(14-18)27-20(23)24-19(22)25-21(27)12-3-2-4-13-21/h5-11,14,26H,2-4,12-13H2,1H3,(H4,22,23,24,25). The van der Waals surface area contributed by atoms with Crippen LogP contribution in [0.4, 0.5) is 11.4 Å². The van der Waals surface area contributed by atoms with Crippen molar-refractivity contribution in [3.63, 3.8) is 0 Å². The molecule has 30 heavy (non-hydrogen) atoms. The van der Waals surface area contributed by atoms with Crippen LogP contribution in [0.5, 0.6) is 0 Å². The van der Waals surface area contributed by atoms with Crippen LogP contribution in [0.3, 0.4) is 0 Å². The van der Waals surface area contributed by atoms with Gasteiger partial charge in [-0.1, -0.05) is 30.2 Å². The summed E-state index contributed by atoms with van der Waals surface area (Å²) < 4.78 is 28.6. The third-order valence-corrected chi connectivity index (χ3v) is 6.92. The number of nitrogens with one attached hydrogen (secondary N) is 1. The molecule has 1 aliphatic carbocycles. The van der Waals surface area contributed by atoms with Crippen molar-refractivity contribution in [3.05, 3.63) is 54.1 Å². The normalized spacial score (nSPS) is 18.6. The molecule has 1 heterocycles. The number of rotatable bonds is 4. The van der Waals surface area contributed by atoms with Crippen molar-refractivity contribution in [3.8, 4) is 0 Å². The molecule has 1 aliphatic heterocycles. The van der Waals surface area contributed by atoms with Crippen LogP contribution in [0.2, 0.25) is 0 Å². The van der Waals surface area contributed by atoms with Gasteiger partial charge in [0.15, 0.2) is 0 Å². The van der Waals surface area contributed by atoms with Gasteiger partial charge >= 0.3 is 0 Å². The first kappa shape index (κ1) is 20.2. The number of aliphatic imine (C=N–C) groups is 2. The maximum Gasteiger partial charge on any atom is 0.261 e. The summed E-state index contributed by atoms with van der Waals surface area (Å²) in [6.45, 7) is 1.95. The fourth-order valence-corrected chi connectivity index (χ4v) is 5.22. The molecular formula is C21H26N6O2S. The van der Waals surface area contributed by atoms with Crippen molar-refractivity contribution in [1.82, 2.24) is 0 Å². The Morgan fingerprint density at radius 1 is 1.03 bits per heavy atom. The van der Waals surface area contributed by atoms with E-state index in [9.17, 15) is 8.42 Å². The summed E-state index contributed by atoms with van der Waals surface area (Å²) in [5, 5.41) is 0. The second-order valence-electron chi connectivity index (χ2n) is 7.79. The van der Waals surface area contributed by atoms with Gasteiger partial charge in [0.25, 0.3) is 10.0 Å². The van der Waals surface area contributed by atoms with Crippen LogP contribution in [0.1, 0.15) is 37.7 Å². The lowest BCUT2D eigenvalue weighted by Gasteiger charge is -2.45. The first-order valence-corrected chi connectivity index (χ1v) is 11.5. The van der Waals surface area contributed by atoms with Gasteiger partial charge in [-0.3, -0.25) is 9.62 Å². The van der Waals surface area contributed by atoms with Crippen LogP contribution in [-0.4, -0.2) is 26.0 Å². The highest BCUT2D eigenvalue weighted by Crippen LogP contribution is 2.39. The van der Waals surface area contributed by atoms with Crippen molar-refractivity contribution in [2.24, 2.45) is 21.5 Å². The van der Waals surface area contributed by atoms with Gasteiger partial charge in [-0.2, -0.15) is 4.99 Å². The smallest absolute Gasteiger partial charge is 0.261 e. The Bertz CT molecular complexity index is 1100. The van der Waals surface area contributed by atoms with E-state index in [1.807, 2.05) is 30.0 Å². The Morgan fingerprint density at radius 3 is 2.43 bits per heavy atom. The average molecular weight is 427 g/mol. The lowest BCUT2D eigenvalue weighted by molar-refractivity contribution is 0.305. The fourth-order valence-electron chi connectivity index (χ4n) is 4.12. The zero-order valence-corrected chi connectivity index (χ0v) is 17.7. The lowest BCUT2D eigenvalue weighted by atomic mass is 9.87. The summed E-state index contributed by atoms with van der Waals surface area (Å²) in [5.74, 6) is 0.390. The first-order valence-electron chi connectivity index (χ1n) is 9.98. The van der Waals surface area contributed by atoms with Gasteiger partial charge in [0.1, 0.15) is 5.66 Å². The topological polar surface area (TPSA) is 126 Å². The molecular weight excluding hydrogens is 400 g/mol. The van der Waals surface area contributed by atoms with Crippen LogP contribution in [-0.2, 0) is 10.0 Å². The molecule has 0 bridgehead atoms. The second-order valence-corrected chi connectivity index (χ2v) is 9.47. The number of nitrogens with two attached hydrogens (primary N) is 2. The molecule has 5 N–H and O–H groups in total. The van der Waals surface area contributed by atoms with E-state index in [0.717, 1.165) is 37.7 Å². The van der Waals surface area contributed by atoms with Crippen molar-refractivity contribution < 1.29 is 8.42 Å². The van der Waals surface area contributed by atoms with E-state index in [-0.39, 0.29) is 16.8 Å². The molecule has 0 unspecified atom stereocenters. The van der Waals surface area contributed by atoms with Gasteiger partial charge in [-0.15, -0.1) is 0 Å². The third-order valence-electron chi connectivity index (χ3n) is 5.54. The average Bonchev–Trinajstić information content (AvgIpc) is 2.70. The highest BCUT2D eigenvalue weighted by atomic mass is 32.2. The van der Waals surface area contributed by atoms with Crippen LogP contribution >= 0.6 is 0 Å². The number of sulfonamides is 1. The van der Waals surface area contributed by atoms with E-state index in [2.05, 4.69) is 14.7 Å². The predicted octanol–water partition coefficient (Wildman–Crippen LogP) is 2.91. The van der Waals surface area contributed by atoms with Crippen molar-refractivity contribution >= 4 is 33.3 Å². The molecule has 158 valence electrons. The van der Waals surface area contributed by atoms with E-state index in [4.69, 9.17) is 11.5 Å². The maximum absolute atomic E-state index is 13.0. The largest absolute Gasteiger partial charge is 0.369 e. The third kappa shape index (κ3) is 3.85. The minimum Gasteiger partial charge on any atom is -0.369 e. The van der Waals surface area contributed by atoms with Crippen LogP contribution in [0.15, 0.2) is 63.4 Å². The predicted molar refractivity (Wildman–Crippen MR) is 120 cm³/mol. The van der Waals surface area contributed by atoms with Crippen molar-refractivity contribution in [1.29, 1.82) is 0 Å². The van der Waals surface area contributed by atoms with E-state index in [0.29, 0.717) is 11.4 Å². The monoisotopic (exact) mass is 426 g/mol. The molecule has 0 atom stereocenters. The number of anilines is 2. The zero-order valence-electron chi connectivity index (χ0n) is 16.9. The quantitative estimate of drug-likeness (QED) is 0.693. The van der Waals surface area contributed by atoms with Gasteiger partial charge in [0.05, 0.1) is 4.90 Å². The van der Waals surface area contributed by atoms with Gasteiger partial charge < -0.3 is 11.5 Å². The zero-order chi connectivity index (χ0) is 21.4. The van der Waals surface area contributed by atoms with E-state index >= 15 is 0 Å². The molecule has 1 saturated carbocycles. The Labute approximate surface area is 176 Å². The lowest BCUT2D eigenvalue weighted by Crippen LogP contribution is -2.58. The number of hydrogen-bond acceptors (Lipinski definition) is 7. The molecule has 4 rings (SSSR count). The molecule has 0 aromatic heterocycles. The molecule has 2 aliphatic rings.